The van der Waals surface area contributed by atoms with Crippen LogP contribution in [0, 0.1) is 0 Å². The molecule has 0 aromatic carbocycles. The Morgan fingerprint density at radius 3 is 2.89 bits per heavy atom. The van der Waals surface area contributed by atoms with E-state index < -0.39 is 0 Å². The molecule has 0 aliphatic heterocycles. The van der Waals surface area contributed by atoms with Gasteiger partial charge in [-0.25, -0.2) is 4.98 Å². The summed E-state index contributed by atoms with van der Waals surface area (Å²) in [5.41, 5.74) is 1.28. The average molecular weight is 277 g/mol. The van der Waals surface area contributed by atoms with Crippen molar-refractivity contribution in [2.45, 2.75) is 52.1 Å². The van der Waals surface area contributed by atoms with Crippen LogP contribution in [-0.4, -0.2) is 15.5 Å². The zero-order valence-electron chi connectivity index (χ0n) is 11.6. The van der Waals surface area contributed by atoms with Gasteiger partial charge in [0, 0.05) is 10.4 Å². The summed E-state index contributed by atoms with van der Waals surface area (Å²) in [5.74, 6) is 0.729. The summed E-state index contributed by atoms with van der Waals surface area (Å²) in [4.78, 5) is 22.0. The molecule has 0 spiro atoms. The van der Waals surface area contributed by atoms with E-state index in [1.54, 1.807) is 11.3 Å². The van der Waals surface area contributed by atoms with Crippen LogP contribution in [0.3, 0.4) is 0 Å². The average Bonchev–Trinajstić information content (AvgIpc) is 2.84. The Morgan fingerprint density at radius 1 is 1.37 bits per heavy atom. The fourth-order valence-electron chi connectivity index (χ4n) is 2.48. The van der Waals surface area contributed by atoms with E-state index in [-0.39, 0.29) is 11.1 Å². The van der Waals surface area contributed by atoms with E-state index in [2.05, 4.69) is 36.1 Å². The maximum atomic E-state index is 12.2. The third-order valence-corrected chi connectivity index (χ3v) is 4.60. The number of nitrogens with one attached hydrogen (secondary N) is 2. The summed E-state index contributed by atoms with van der Waals surface area (Å²) in [6, 6.07) is 0. The van der Waals surface area contributed by atoms with Gasteiger partial charge in [-0.3, -0.25) is 4.79 Å². The van der Waals surface area contributed by atoms with Crippen LogP contribution in [0.1, 0.15) is 43.5 Å². The van der Waals surface area contributed by atoms with Crippen LogP contribution in [0.5, 0.6) is 0 Å². The van der Waals surface area contributed by atoms with E-state index in [0.717, 1.165) is 28.9 Å². The van der Waals surface area contributed by atoms with Gasteiger partial charge >= 0.3 is 0 Å². The number of aromatic nitrogens is 2. The summed E-state index contributed by atoms with van der Waals surface area (Å²) in [6.07, 6.45) is 3.30. The molecule has 0 saturated carbocycles. The lowest BCUT2D eigenvalue weighted by Crippen LogP contribution is -2.36. The molecule has 19 heavy (non-hydrogen) atoms. The molecule has 1 aliphatic carbocycles. The maximum absolute atomic E-state index is 12.2. The predicted octanol–water partition coefficient (Wildman–Crippen LogP) is 2.36. The van der Waals surface area contributed by atoms with Crippen LogP contribution in [0.15, 0.2) is 4.79 Å². The maximum Gasteiger partial charge on any atom is 0.259 e. The van der Waals surface area contributed by atoms with Gasteiger partial charge in [0.25, 0.3) is 5.56 Å². The van der Waals surface area contributed by atoms with Crippen molar-refractivity contribution < 1.29 is 0 Å². The molecule has 3 rings (SSSR count). The topological polar surface area (TPSA) is 57.8 Å². The molecule has 0 saturated heterocycles. The van der Waals surface area contributed by atoms with E-state index in [4.69, 9.17) is 0 Å². The van der Waals surface area contributed by atoms with Gasteiger partial charge < -0.3 is 10.3 Å². The zero-order valence-corrected chi connectivity index (χ0v) is 12.4. The lowest BCUT2D eigenvalue weighted by Gasteiger charge is -2.19. The minimum absolute atomic E-state index is 0.0186. The molecule has 0 atom stereocenters. The van der Waals surface area contributed by atoms with Crippen molar-refractivity contribution in [3.8, 4) is 0 Å². The normalized spacial score (nSPS) is 15.1. The highest BCUT2D eigenvalue weighted by Crippen LogP contribution is 2.34. The first-order valence-corrected chi connectivity index (χ1v) is 7.54. The van der Waals surface area contributed by atoms with Crippen molar-refractivity contribution >= 4 is 21.6 Å². The molecule has 5 heteroatoms. The molecular weight excluding hydrogens is 258 g/mol. The fourth-order valence-corrected chi connectivity index (χ4v) is 3.76. The molecule has 0 fully saturated rings. The third-order valence-electron chi connectivity index (χ3n) is 3.41. The van der Waals surface area contributed by atoms with Gasteiger partial charge in [-0.05, 0) is 45.6 Å². The molecule has 0 bridgehead atoms. The first-order valence-electron chi connectivity index (χ1n) is 6.72. The van der Waals surface area contributed by atoms with Crippen LogP contribution in [0.2, 0.25) is 0 Å². The van der Waals surface area contributed by atoms with E-state index in [9.17, 15) is 4.79 Å². The Hall–Kier alpha value is -1.20. The highest BCUT2D eigenvalue weighted by Gasteiger charge is 2.21. The number of rotatable bonds is 2. The molecule has 0 radical (unpaired) electrons. The van der Waals surface area contributed by atoms with Crippen molar-refractivity contribution in [3.63, 3.8) is 0 Å². The minimum atomic E-state index is 0.0186. The Kier molecular flexibility index (Phi) is 2.98. The molecule has 0 unspecified atom stereocenters. The SMILES string of the molecule is CC(C)(C)NCc1nc2sc3c(c2c(=O)[nH]1)CCC3. The standard InChI is InChI=1S/C14H19N3OS/c1-14(2,3)15-7-10-16-12(18)11-8-5-4-6-9(8)19-13(11)17-10/h15H,4-7H2,1-3H3,(H,16,17,18). The predicted molar refractivity (Wildman–Crippen MR) is 78.9 cm³/mol. The fraction of sp³-hybridized carbons (Fsp3) is 0.571. The van der Waals surface area contributed by atoms with E-state index in [1.807, 2.05) is 0 Å². The highest BCUT2D eigenvalue weighted by molar-refractivity contribution is 7.18. The second kappa shape index (κ2) is 4.42. The smallest absolute Gasteiger partial charge is 0.259 e. The molecule has 2 aromatic rings. The lowest BCUT2D eigenvalue weighted by molar-refractivity contribution is 0.418. The van der Waals surface area contributed by atoms with Gasteiger partial charge in [0.05, 0.1) is 11.9 Å². The molecule has 102 valence electrons. The number of hydrogen-bond donors (Lipinski definition) is 2. The summed E-state index contributed by atoms with van der Waals surface area (Å²) < 4.78 is 0. The van der Waals surface area contributed by atoms with Crippen molar-refractivity contribution in [2.24, 2.45) is 0 Å². The number of H-pyrrole nitrogens is 1. The molecule has 2 heterocycles. The Balaban J connectivity index is 1.99. The molecule has 0 amide bonds. The quantitative estimate of drug-likeness (QED) is 0.886. The Morgan fingerprint density at radius 2 is 2.16 bits per heavy atom. The molecule has 4 nitrogen and oxygen atoms in total. The van der Waals surface area contributed by atoms with Crippen molar-refractivity contribution in [2.75, 3.05) is 0 Å². The van der Waals surface area contributed by atoms with Gasteiger partial charge in [-0.15, -0.1) is 11.3 Å². The van der Waals surface area contributed by atoms with E-state index in [0.29, 0.717) is 6.54 Å². The van der Waals surface area contributed by atoms with Crippen LogP contribution in [0.4, 0.5) is 0 Å². The third kappa shape index (κ3) is 2.44. The zero-order chi connectivity index (χ0) is 13.6. The summed E-state index contributed by atoms with van der Waals surface area (Å²) in [6.45, 7) is 6.90. The largest absolute Gasteiger partial charge is 0.309 e. The van der Waals surface area contributed by atoms with Crippen molar-refractivity contribution in [3.05, 3.63) is 26.6 Å². The lowest BCUT2D eigenvalue weighted by atomic mass is 10.1. The number of aryl methyl sites for hydroxylation is 2. The number of nitrogens with zero attached hydrogens (tertiary/aromatic N) is 1. The van der Waals surface area contributed by atoms with E-state index in [1.165, 1.54) is 16.9 Å². The molecule has 1 aliphatic rings. The van der Waals surface area contributed by atoms with Crippen LogP contribution >= 0.6 is 11.3 Å². The van der Waals surface area contributed by atoms with Gasteiger partial charge in [-0.2, -0.15) is 0 Å². The van der Waals surface area contributed by atoms with E-state index >= 15 is 0 Å². The number of aromatic amines is 1. The summed E-state index contributed by atoms with van der Waals surface area (Å²) in [7, 11) is 0. The van der Waals surface area contributed by atoms with Crippen molar-refractivity contribution in [1.82, 2.24) is 15.3 Å². The van der Waals surface area contributed by atoms with Gasteiger partial charge in [0.2, 0.25) is 0 Å². The molecule has 2 N–H and O–H groups in total. The van der Waals surface area contributed by atoms with Gasteiger partial charge in [-0.1, -0.05) is 0 Å². The first-order chi connectivity index (χ1) is 8.94. The van der Waals surface area contributed by atoms with Crippen molar-refractivity contribution in [1.29, 1.82) is 0 Å². The molecular formula is C14H19N3OS. The Labute approximate surface area is 116 Å². The highest BCUT2D eigenvalue weighted by atomic mass is 32.1. The number of thiophene rings is 1. The minimum Gasteiger partial charge on any atom is -0.309 e. The first kappa shape index (κ1) is 12.8. The van der Waals surface area contributed by atoms with Gasteiger partial charge in [0.15, 0.2) is 0 Å². The monoisotopic (exact) mass is 277 g/mol. The number of hydrogen-bond acceptors (Lipinski definition) is 4. The number of fused-ring (bicyclic) bond motifs is 3. The Bertz CT molecular complexity index is 678. The van der Waals surface area contributed by atoms with Crippen LogP contribution < -0.4 is 10.9 Å². The summed E-state index contributed by atoms with van der Waals surface area (Å²) in [5, 5.41) is 4.18. The summed E-state index contributed by atoms with van der Waals surface area (Å²) >= 11 is 1.69. The van der Waals surface area contributed by atoms with Crippen LogP contribution in [-0.2, 0) is 19.4 Å². The second-order valence-electron chi connectivity index (χ2n) is 6.15. The van der Waals surface area contributed by atoms with Gasteiger partial charge in [0.1, 0.15) is 10.7 Å². The molecule has 2 aromatic heterocycles. The van der Waals surface area contributed by atoms with Crippen LogP contribution in [0.25, 0.3) is 10.2 Å². The second-order valence-corrected chi connectivity index (χ2v) is 7.24.